The van der Waals surface area contributed by atoms with E-state index in [1.165, 1.54) is 141 Å². The summed E-state index contributed by atoms with van der Waals surface area (Å²) in [5.74, 6) is -0.831. The van der Waals surface area contributed by atoms with E-state index < -0.39 is 26.5 Å². The molecule has 0 aliphatic heterocycles. The molecule has 0 saturated carbocycles. The van der Waals surface area contributed by atoms with Crippen LogP contribution in [0, 0.1) is 0 Å². The Labute approximate surface area is 498 Å². The van der Waals surface area contributed by atoms with Gasteiger partial charge in [0.25, 0.3) is 0 Å². The van der Waals surface area contributed by atoms with Crippen LogP contribution < -0.4 is 5.73 Å². The number of hydrogen-bond acceptors (Lipinski definition) is 8. The first-order valence-corrected chi connectivity index (χ1v) is 34.5. The van der Waals surface area contributed by atoms with Crippen molar-refractivity contribution in [3.05, 3.63) is 122 Å². The maximum atomic E-state index is 12.7. The summed E-state index contributed by atoms with van der Waals surface area (Å²) in [5.41, 5.74) is 5.39. The lowest BCUT2D eigenvalue weighted by atomic mass is 10.0. The number of allylic oxidation sites excluding steroid dienone is 20. The standard InChI is InChI=1S/C71H122NO8P/c1-3-5-7-9-11-13-15-17-19-21-23-25-26-27-28-29-30-31-32-33-34-35-36-37-38-39-40-41-42-44-46-48-50-52-54-56-58-60-62-64-71(74)80-69(68-79-81(75,76)78-66-65-72)67-77-70(73)63-61-59-57-55-53-51-49-47-45-43-24-22-20-18-16-14-12-10-8-6-4-2/h5,7,11,13,16-19,22-25,27-28,30-31,33-34,36-37,69H,3-4,6,8-10,12,14-15,20-21,26,29,32,35,38-68,72H2,1-2H3,(H,75,76)/b7-5-,13-11-,18-16-,19-17-,24-22-,25-23-,28-27-,31-30-,34-33-,37-36-. The fourth-order valence-electron chi connectivity index (χ4n) is 8.98. The van der Waals surface area contributed by atoms with Gasteiger partial charge in [-0.2, -0.15) is 0 Å². The number of phosphoric acid groups is 1. The van der Waals surface area contributed by atoms with Crippen molar-refractivity contribution in [3.63, 3.8) is 0 Å². The van der Waals surface area contributed by atoms with Gasteiger partial charge < -0.3 is 20.1 Å². The van der Waals surface area contributed by atoms with Gasteiger partial charge in [0, 0.05) is 19.4 Å². The van der Waals surface area contributed by atoms with Crippen LogP contribution in [0.3, 0.4) is 0 Å². The number of esters is 2. The van der Waals surface area contributed by atoms with Crippen LogP contribution in [0.25, 0.3) is 0 Å². The van der Waals surface area contributed by atoms with Gasteiger partial charge in [-0.05, 0) is 109 Å². The first kappa shape index (κ1) is 77.4. The summed E-state index contributed by atoms with van der Waals surface area (Å²) in [7, 11) is -4.40. The lowest BCUT2D eigenvalue weighted by molar-refractivity contribution is -0.161. The van der Waals surface area contributed by atoms with E-state index in [4.69, 9.17) is 24.3 Å². The van der Waals surface area contributed by atoms with Crippen LogP contribution in [0.15, 0.2) is 122 Å². The molecule has 0 aromatic rings. The van der Waals surface area contributed by atoms with E-state index in [2.05, 4.69) is 135 Å². The second kappa shape index (κ2) is 65.6. The van der Waals surface area contributed by atoms with Crippen LogP contribution in [0.4, 0.5) is 0 Å². The lowest BCUT2D eigenvalue weighted by Gasteiger charge is -2.19. The molecule has 0 amide bonds. The molecule has 0 heterocycles. The fourth-order valence-corrected chi connectivity index (χ4v) is 9.74. The molecule has 10 heteroatoms. The van der Waals surface area contributed by atoms with E-state index in [1.807, 2.05) is 0 Å². The van der Waals surface area contributed by atoms with Crippen molar-refractivity contribution in [2.75, 3.05) is 26.4 Å². The molecule has 3 N–H and O–H groups in total. The minimum Gasteiger partial charge on any atom is -0.462 e. The molecule has 0 aromatic carbocycles. The number of nitrogens with two attached hydrogens (primary N) is 1. The summed E-state index contributed by atoms with van der Waals surface area (Å²) in [6, 6.07) is 0. The van der Waals surface area contributed by atoms with Crippen molar-refractivity contribution in [2.45, 2.75) is 290 Å². The predicted molar refractivity (Wildman–Crippen MR) is 348 cm³/mol. The number of carbonyl (C=O) groups is 2. The maximum Gasteiger partial charge on any atom is 0.472 e. The van der Waals surface area contributed by atoms with Crippen molar-refractivity contribution in [2.24, 2.45) is 5.73 Å². The minimum absolute atomic E-state index is 0.0488. The summed E-state index contributed by atoms with van der Waals surface area (Å²) >= 11 is 0. The molecular formula is C71H122NO8P. The lowest BCUT2D eigenvalue weighted by Crippen LogP contribution is -2.29. The molecule has 464 valence electrons. The van der Waals surface area contributed by atoms with Gasteiger partial charge in [-0.15, -0.1) is 0 Å². The van der Waals surface area contributed by atoms with E-state index in [-0.39, 0.29) is 38.6 Å². The van der Waals surface area contributed by atoms with Gasteiger partial charge in [0.1, 0.15) is 6.61 Å². The molecule has 0 saturated heterocycles. The summed E-state index contributed by atoms with van der Waals surface area (Å²) in [5, 5.41) is 0. The van der Waals surface area contributed by atoms with Crippen molar-refractivity contribution in [3.8, 4) is 0 Å². The molecule has 81 heavy (non-hydrogen) atoms. The van der Waals surface area contributed by atoms with Crippen LogP contribution in [0.2, 0.25) is 0 Å². The highest BCUT2D eigenvalue weighted by Crippen LogP contribution is 2.43. The number of ether oxygens (including phenoxy) is 2. The average Bonchev–Trinajstić information content (AvgIpc) is 3.46. The molecule has 0 rings (SSSR count). The zero-order valence-electron chi connectivity index (χ0n) is 52.0. The number of carbonyl (C=O) groups excluding carboxylic acids is 2. The van der Waals surface area contributed by atoms with Crippen LogP contribution in [-0.2, 0) is 32.7 Å². The Hall–Kier alpha value is -3.59. The highest BCUT2D eigenvalue weighted by atomic mass is 31.2. The Kier molecular flexibility index (Phi) is 62.7. The molecule has 2 atom stereocenters. The number of unbranched alkanes of at least 4 members (excludes halogenated alkanes) is 28. The van der Waals surface area contributed by atoms with Crippen molar-refractivity contribution in [1.29, 1.82) is 0 Å². The summed E-state index contributed by atoms with van der Waals surface area (Å²) in [6.45, 7) is 3.63. The van der Waals surface area contributed by atoms with Gasteiger partial charge in [0.05, 0.1) is 13.2 Å². The quantitative estimate of drug-likeness (QED) is 0.0264. The van der Waals surface area contributed by atoms with Crippen LogP contribution in [0.5, 0.6) is 0 Å². The third-order valence-corrected chi connectivity index (χ3v) is 14.8. The van der Waals surface area contributed by atoms with Gasteiger partial charge in [0.15, 0.2) is 6.10 Å². The van der Waals surface area contributed by atoms with E-state index in [0.717, 1.165) is 109 Å². The van der Waals surface area contributed by atoms with Crippen LogP contribution in [-0.4, -0.2) is 49.3 Å². The van der Waals surface area contributed by atoms with Gasteiger partial charge >= 0.3 is 19.8 Å². The molecular weight excluding hydrogens is 1030 g/mol. The smallest absolute Gasteiger partial charge is 0.462 e. The normalized spacial score (nSPS) is 13.8. The number of rotatable bonds is 61. The Morgan fingerprint density at radius 1 is 0.383 bits per heavy atom. The molecule has 0 aliphatic rings. The van der Waals surface area contributed by atoms with Crippen LogP contribution in [0.1, 0.15) is 284 Å². The monoisotopic (exact) mass is 1150 g/mol. The summed E-state index contributed by atoms with van der Waals surface area (Å²) < 4.78 is 33.1. The third-order valence-electron chi connectivity index (χ3n) is 13.8. The zero-order valence-corrected chi connectivity index (χ0v) is 52.9. The third kappa shape index (κ3) is 65.4. The first-order chi connectivity index (χ1) is 39.8. The number of phosphoric ester groups is 1. The fraction of sp³-hybridized carbons (Fsp3) is 0.690. The highest BCUT2D eigenvalue weighted by molar-refractivity contribution is 7.47. The molecule has 2 unspecified atom stereocenters. The Morgan fingerprint density at radius 3 is 1.01 bits per heavy atom. The summed E-state index contributed by atoms with van der Waals surface area (Å²) in [6.07, 6.45) is 91.3. The highest BCUT2D eigenvalue weighted by Gasteiger charge is 2.26. The molecule has 0 aromatic heterocycles. The van der Waals surface area contributed by atoms with Crippen molar-refractivity contribution >= 4 is 19.8 Å². The maximum absolute atomic E-state index is 12.7. The second-order valence-corrected chi connectivity index (χ2v) is 23.1. The van der Waals surface area contributed by atoms with Crippen molar-refractivity contribution in [1.82, 2.24) is 0 Å². The molecule has 9 nitrogen and oxygen atoms in total. The van der Waals surface area contributed by atoms with E-state index in [9.17, 15) is 19.0 Å². The van der Waals surface area contributed by atoms with Gasteiger partial charge in [-0.25, -0.2) is 4.57 Å². The zero-order chi connectivity index (χ0) is 58.7. The largest absolute Gasteiger partial charge is 0.472 e. The predicted octanol–water partition coefficient (Wildman–Crippen LogP) is 21.5. The van der Waals surface area contributed by atoms with Crippen molar-refractivity contribution < 1.29 is 37.6 Å². The number of hydrogen-bond donors (Lipinski definition) is 2. The van der Waals surface area contributed by atoms with Gasteiger partial charge in [-0.1, -0.05) is 283 Å². The van der Waals surface area contributed by atoms with Crippen LogP contribution >= 0.6 is 7.82 Å². The average molecular weight is 1150 g/mol. The summed E-state index contributed by atoms with van der Waals surface area (Å²) in [4.78, 5) is 35.3. The van der Waals surface area contributed by atoms with E-state index in [0.29, 0.717) is 6.42 Å². The Bertz CT molecular complexity index is 1740. The topological polar surface area (TPSA) is 134 Å². The van der Waals surface area contributed by atoms with E-state index >= 15 is 0 Å². The first-order valence-electron chi connectivity index (χ1n) is 33.0. The molecule has 0 radical (unpaired) electrons. The Balaban J connectivity index is 3.91. The Morgan fingerprint density at radius 2 is 0.679 bits per heavy atom. The SMILES string of the molecule is CC/C=C\C/C=C\C/C=C\C/C=C\C/C=C\C/C=C\C/C=C\C/C=C\CCCCCCCCCCCCCCCCC(=O)OC(COC(=O)CCCCCCCCCCC/C=C\C/C=C\CCCCCCC)COP(=O)(O)OCCN. The van der Waals surface area contributed by atoms with Gasteiger partial charge in [0.2, 0.25) is 0 Å². The molecule has 0 bridgehead atoms. The molecule has 0 aliphatic carbocycles. The molecule has 0 fully saturated rings. The van der Waals surface area contributed by atoms with E-state index in [1.54, 1.807) is 0 Å². The minimum atomic E-state index is -4.40. The molecule has 0 spiro atoms. The second-order valence-electron chi connectivity index (χ2n) is 21.6. The van der Waals surface area contributed by atoms with Gasteiger partial charge in [-0.3, -0.25) is 18.6 Å².